The standard InChI is InChI=1S/C10H11BrN2/c1-8(11)7-13-5-3-9-6-12-4-2-10(9)13/h2,4,6H,1,3,5,7H2. The van der Waals surface area contributed by atoms with E-state index < -0.39 is 0 Å². The van der Waals surface area contributed by atoms with E-state index in [1.807, 2.05) is 12.4 Å². The zero-order valence-corrected chi connectivity index (χ0v) is 8.92. The van der Waals surface area contributed by atoms with Crippen LogP contribution in [0.3, 0.4) is 0 Å². The highest BCUT2D eigenvalue weighted by molar-refractivity contribution is 9.11. The lowest BCUT2D eigenvalue weighted by atomic mass is 10.2. The van der Waals surface area contributed by atoms with Crippen molar-refractivity contribution < 1.29 is 0 Å². The van der Waals surface area contributed by atoms with Crippen LogP contribution in [-0.2, 0) is 6.42 Å². The maximum Gasteiger partial charge on any atom is 0.0489 e. The number of aromatic nitrogens is 1. The van der Waals surface area contributed by atoms with Crippen LogP contribution in [0.2, 0.25) is 0 Å². The Morgan fingerprint density at radius 1 is 1.69 bits per heavy atom. The molecule has 0 aromatic carbocycles. The number of nitrogens with zero attached hydrogens (tertiary/aromatic N) is 2. The van der Waals surface area contributed by atoms with Crippen molar-refractivity contribution >= 4 is 21.6 Å². The monoisotopic (exact) mass is 238 g/mol. The Balaban J connectivity index is 2.23. The molecule has 0 atom stereocenters. The topological polar surface area (TPSA) is 16.1 Å². The third-order valence-corrected chi connectivity index (χ3v) is 2.48. The van der Waals surface area contributed by atoms with E-state index in [2.05, 4.69) is 38.5 Å². The zero-order chi connectivity index (χ0) is 9.26. The Morgan fingerprint density at radius 2 is 2.54 bits per heavy atom. The summed E-state index contributed by atoms with van der Waals surface area (Å²) in [5, 5.41) is 0. The van der Waals surface area contributed by atoms with Gasteiger partial charge in [-0.1, -0.05) is 22.5 Å². The van der Waals surface area contributed by atoms with E-state index in [4.69, 9.17) is 0 Å². The second kappa shape index (κ2) is 3.50. The highest BCUT2D eigenvalue weighted by Crippen LogP contribution is 2.27. The number of halogens is 1. The van der Waals surface area contributed by atoms with E-state index in [-0.39, 0.29) is 0 Å². The van der Waals surface area contributed by atoms with Crippen molar-refractivity contribution in [3.05, 3.63) is 35.1 Å². The third kappa shape index (κ3) is 1.75. The molecule has 0 amide bonds. The first-order valence-electron chi connectivity index (χ1n) is 4.28. The second-order valence-electron chi connectivity index (χ2n) is 3.19. The number of rotatable bonds is 2. The molecule has 0 unspecified atom stereocenters. The first-order valence-corrected chi connectivity index (χ1v) is 5.08. The van der Waals surface area contributed by atoms with Crippen LogP contribution in [0.1, 0.15) is 5.56 Å². The summed E-state index contributed by atoms with van der Waals surface area (Å²) in [6, 6.07) is 2.07. The van der Waals surface area contributed by atoms with Crippen molar-refractivity contribution in [2.75, 3.05) is 18.0 Å². The van der Waals surface area contributed by atoms with Crippen LogP contribution in [0.5, 0.6) is 0 Å². The van der Waals surface area contributed by atoms with Crippen molar-refractivity contribution in [2.24, 2.45) is 0 Å². The van der Waals surface area contributed by atoms with Gasteiger partial charge in [-0.3, -0.25) is 4.98 Å². The fourth-order valence-corrected chi connectivity index (χ4v) is 1.97. The van der Waals surface area contributed by atoms with Gasteiger partial charge in [-0.25, -0.2) is 0 Å². The normalized spacial score (nSPS) is 14.4. The molecule has 0 radical (unpaired) electrons. The summed E-state index contributed by atoms with van der Waals surface area (Å²) in [6.07, 6.45) is 4.89. The summed E-state index contributed by atoms with van der Waals surface area (Å²) in [7, 11) is 0. The average molecular weight is 239 g/mol. The smallest absolute Gasteiger partial charge is 0.0489 e. The number of hydrogen-bond acceptors (Lipinski definition) is 2. The van der Waals surface area contributed by atoms with E-state index in [0.29, 0.717) is 0 Å². The van der Waals surface area contributed by atoms with Gasteiger partial charge in [0.1, 0.15) is 0 Å². The Bertz CT molecular complexity index is 335. The molecule has 13 heavy (non-hydrogen) atoms. The highest BCUT2D eigenvalue weighted by atomic mass is 79.9. The molecule has 2 heterocycles. The van der Waals surface area contributed by atoms with Gasteiger partial charge in [-0.05, 0) is 18.1 Å². The molecule has 2 nitrogen and oxygen atoms in total. The van der Waals surface area contributed by atoms with Crippen LogP contribution in [0.15, 0.2) is 29.5 Å². The maximum atomic E-state index is 4.11. The molecule has 0 fully saturated rings. The highest BCUT2D eigenvalue weighted by Gasteiger charge is 2.18. The molecule has 0 bridgehead atoms. The minimum Gasteiger partial charge on any atom is -0.366 e. The first-order chi connectivity index (χ1) is 6.27. The SMILES string of the molecule is C=C(Br)CN1CCc2cnccc21. The molecule has 3 heteroatoms. The van der Waals surface area contributed by atoms with Crippen molar-refractivity contribution in [1.82, 2.24) is 4.98 Å². The van der Waals surface area contributed by atoms with Crippen molar-refractivity contribution in [2.45, 2.75) is 6.42 Å². The Morgan fingerprint density at radius 3 is 3.31 bits per heavy atom. The summed E-state index contributed by atoms with van der Waals surface area (Å²) in [5.41, 5.74) is 2.65. The Kier molecular flexibility index (Phi) is 2.36. The summed E-state index contributed by atoms with van der Waals surface area (Å²) in [4.78, 5) is 6.42. The van der Waals surface area contributed by atoms with Crippen molar-refractivity contribution in [3.63, 3.8) is 0 Å². The van der Waals surface area contributed by atoms with E-state index in [1.54, 1.807) is 0 Å². The van der Waals surface area contributed by atoms with Gasteiger partial charge in [0.15, 0.2) is 0 Å². The van der Waals surface area contributed by atoms with Gasteiger partial charge in [0.2, 0.25) is 0 Å². The fourth-order valence-electron chi connectivity index (χ4n) is 1.67. The van der Waals surface area contributed by atoms with Gasteiger partial charge in [0, 0.05) is 35.7 Å². The number of anilines is 1. The quantitative estimate of drug-likeness (QED) is 0.787. The lowest BCUT2D eigenvalue weighted by Crippen LogP contribution is -2.21. The first kappa shape index (κ1) is 8.75. The fraction of sp³-hybridized carbons (Fsp3) is 0.300. The maximum absolute atomic E-state index is 4.11. The van der Waals surface area contributed by atoms with Crippen LogP contribution in [0.25, 0.3) is 0 Å². The summed E-state index contributed by atoms with van der Waals surface area (Å²) >= 11 is 3.38. The summed E-state index contributed by atoms with van der Waals surface area (Å²) < 4.78 is 1.03. The predicted molar refractivity (Wildman–Crippen MR) is 58.2 cm³/mol. The lowest BCUT2D eigenvalue weighted by molar-refractivity contribution is 0.901. The summed E-state index contributed by atoms with van der Waals surface area (Å²) in [5.74, 6) is 0. The predicted octanol–water partition coefficient (Wildman–Crippen LogP) is 2.35. The molecule has 1 aromatic heterocycles. The van der Waals surface area contributed by atoms with Gasteiger partial charge < -0.3 is 4.90 Å². The van der Waals surface area contributed by atoms with Gasteiger partial charge in [-0.2, -0.15) is 0 Å². The van der Waals surface area contributed by atoms with Crippen LogP contribution < -0.4 is 4.90 Å². The van der Waals surface area contributed by atoms with Crippen LogP contribution in [0.4, 0.5) is 5.69 Å². The molecule has 0 aliphatic carbocycles. The molecular formula is C10H11BrN2. The van der Waals surface area contributed by atoms with E-state index in [9.17, 15) is 0 Å². The molecule has 0 spiro atoms. The molecule has 0 N–H and O–H groups in total. The molecule has 2 rings (SSSR count). The average Bonchev–Trinajstić information content (AvgIpc) is 2.48. The van der Waals surface area contributed by atoms with Crippen molar-refractivity contribution in [1.29, 1.82) is 0 Å². The molecule has 1 aliphatic rings. The van der Waals surface area contributed by atoms with Crippen molar-refractivity contribution in [3.8, 4) is 0 Å². The zero-order valence-electron chi connectivity index (χ0n) is 7.33. The largest absolute Gasteiger partial charge is 0.366 e. The molecule has 1 aliphatic heterocycles. The molecule has 0 saturated heterocycles. The van der Waals surface area contributed by atoms with Crippen LogP contribution in [0, 0.1) is 0 Å². The Hall–Kier alpha value is -0.830. The molecule has 68 valence electrons. The van der Waals surface area contributed by atoms with Gasteiger partial charge in [-0.15, -0.1) is 0 Å². The lowest BCUT2D eigenvalue weighted by Gasteiger charge is -2.17. The minimum atomic E-state index is 0.886. The minimum absolute atomic E-state index is 0.886. The van der Waals surface area contributed by atoms with E-state index >= 15 is 0 Å². The number of hydrogen-bond donors (Lipinski definition) is 0. The Labute approximate surface area is 86.4 Å². The van der Waals surface area contributed by atoms with Gasteiger partial charge in [0.25, 0.3) is 0 Å². The van der Waals surface area contributed by atoms with E-state index in [1.165, 1.54) is 11.3 Å². The van der Waals surface area contributed by atoms with E-state index in [0.717, 1.165) is 24.0 Å². The number of fused-ring (bicyclic) bond motifs is 1. The third-order valence-electron chi connectivity index (χ3n) is 2.23. The second-order valence-corrected chi connectivity index (χ2v) is 4.31. The molecule has 0 saturated carbocycles. The number of pyridine rings is 1. The molecule has 1 aromatic rings. The molecular weight excluding hydrogens is 228 g/mol. The van der Waals surface area contributed by atoms with Gasteiger partial charge >= 0.3 is 0 Å². The van der Waals surface area contributed by atoms with Gasteiger partial charge in [0.05, 0.1) is 0 Å². The van der Waals surface area contributed by atoms with Crippen LogP contribution >= 0.6 is 15.9 Å². The summed E-state index contributed by atoms with van der Waals surface area (Å²) in [6.45, 7) is 5.81. The van der Waals surface area contributed by atoms with Crippen LogP contribution in [-0.4, -0.2) is 18.1 Å².